The van der Waals surface area contributed by atoms with E-state index in [0.29, 0.717) is 24.6 Å². The van der Waals surface area contributed by atoms with Gasteiger partial charge in [0.05, 0.1) is 17.6 Å². The normalized spacial score (nSPS) is 14.8. The van der Waals surface area contributed by atoms with Gasteiger partial charge in [0.1, 0.15) is 12.4 Å². The SMILES string of the molecule is O=S(=O)(/C=C/c1ccccc1)N1CCOc2ccccc21. The summed E-state index contributed by atoms with van der Waals surface area (Å²) in [4.78, 5) is 0. The van der Waals surface area contributed by atoms with Crippen molar-refractivity contribution in [1.29, 1.82) is 0 Å². The van der Waals surface area contributed by atoms with Crippen molar-refractivity contribution in [3.05, 3.63) is 65.6 Å². The molecular formula is C16H15NO3S. The highest BCUT2D eigenvalue weighted by atomic mass is 32.2. The molecule has 0 saturated carbocycles. The third-order valence-corrected chi connectivity index (χ3v) is 4.70. The molecule has 1 aliphatic heterocycles. The molecule has 3 rings (SSSR count). The van der Waals surface area contributed by atoms with Crippen LogP contribution in [0.25, 0.3) is 6.08 Å². The molecule has 0 aromatic heterocycles. The summed E-state index contributed by atoms with van der Waals surface area (Å²) in [6, 6.07) is 16.5. The van der Waals surface area contributed by atoms with Crippen molar-refractivity contribution in [1.82, 2.24) is 0 Å². The fourth-order valence-electron chi connectivity index (χ4n) is 2.21. The van der Waals surface area contributed by atoms with Crippen molar-refractivity contribution in [3.8, 4) is 5.75 Å². The van der Waals surface area contributed by atoms with Crippen LogP contribution in [0, 0.1) is 0 Å². The van der Waals surface area contributed by atoms with Crippen molar-refractivity contribution in [3.63, 3.8) is 0 Å². The van der Waals surface area contributed by atoms with Gasteiger partial charge in [-0.25, -0.2) is 8.42 Å². The molecule has 0 radical (unpaired) electrons. The summed E-state index contributed by atoms with van der Waals surface area (Å²) in [6.45, 7) is 0.675. The molecule has 5 heteroatoms. The van der Waals surface area contributed by atoms with E-state index in [2.05, 4.69) is 0 Å². The Hall–Kier alpha value is -2.27. The number of nitrogens with zero attached hydrogens (tertiary/aromatic N) is 1. The summed E-state index contributed by atoms with van der Waals surface area (Å²) in [7, 11) is -3.52. The van der Waals surface area contributed by atoms with Crippen LogP contribution in [-0.4, -0.2) is 21.6 Å². The number of rotatable bonds is 3. The highest BCUT2D eigenvalue weighted by Gasteiger charge is 2.26. The first-order chi connectivity index (χ1) is 10.2. The van der Waals surface area contributed by atoms with Crippen LogP contribution in [0.1, 0.15) is 5.56 Å². The maximum atomic E-state index is 12.5. The smallest absolute Gasteiger partial charge is 0.257 e. The van der Waals surface area contributed by atoms with Gasteiger partial charge in [0, 0.05) is 0 Å². The summed E-state index contributed by atoms with van der Waals surface area (Å²) in [5.74, 6) is 0.598. The molecule has 0 saturated heterocycles. The molecule has 2 aromatic carbocycles. The van der Waals surface area contributed by atoms with Gasteiger partial charge in [0.2, 0.25) is 0 Å². The van der Waals surface area contributed by atoms with Gasteiger partial charge in [0.25, 0.3) is 10.0 Å². The van der Waals surface area contributed by atoms with Gasteiger partial charge < -0.3 is 4.74 Å². The monoisotopic (exact) mass is 301 g/mol. The molecule has 21 heavy (non-hydrogen) atoms. The Bertz CT molecular complexity index is 754. The van der Waals surface area contributed by atoms with E-state index in [-0.39, 0.29) is 0 Å². The van der Waals surface area contributed by atoms with Gasteiger partial charge in [-0.05, 0) is 23.8 Å². The van der Waals surface area contributed by atoms with E-state index in [0.717, 1.165) is 5.56 Å². The third-order valence-electron chi connectivity index (χ3n) is 3.23. The van der Waals surface area contributed by atoms with Crippen LogP contribution < -0.4 is 9.04 Å². The molecule has 0 spiro atoms. The predicted molar refractivity (Wildman–Crippen MR) is 83.7 cm³/mol. The Labute approximate surface area is 124 Å². The Balaban J connectivity index is 1.91. The minimum absolute atomic E-state index is 0.318. The number of benzene rings is 2. The van der Waals surface area contributed by atoms with Crippen molar-refractivity contribution in [2.75, 3.05) is 17.5 Å². The molecular weight excluding hydrogens is 286 g/mol. The van der Waals surface area contributed by atoms with E-state index in [9.17, 15) is 8.42 Å². The maximum Gasteiger partial charge on any atom is 0.257 e. The standard InChI is InChI=1S/C16H15NO3S/c18-21(19,13-10-14-6-2-1-3-7-14)17-11-12-20-16-9-5-4-8-15(16)17/h1-10,13H,11-12H2/b13-10+. The molecule has 0 aliphatic carbocycles. The summed E-state index contributed by atoms with van der Waals surface area (Å²) >= 11 is 0. The highest BCUT2D eigenvalue weighted by Crippen LogP contribution is 2.33. The van der Waals surface area contributed by atoms with Crippen LogP contribution >= 0.6 is 0 Å². The number of hydrogen-bond acceptors (Lipinski definition) is 3. The molecule has 1 heterocycles. The number of anilines is 1. The summed E-state index contributed by atoms with van der Waals surface area (Å²) < 4.78 is 31.9. The topological polar surface area (TPSA) is 46.6 Å². The lowest BCUT2D eigenvalue weighted by Gasteiger charge is -2.29. The zero-order valence-electron chi connectivity index (χ0n) is 11.3. The van der Waals surface area contributed by atoms with Crippen LogP contribution in [0.3, 0.4) is 0 Å². The Morgan fingerprint density at radius 1 is 1.00 bits per heavy atom. The summed E-state index contributed by atoms with van der Waals surface area (Å²) in [5, 5.41) is 1.24. The van der Waals surface area contributed by atoms with Crippen LogP contribution in [0.5, 0.6) is 5.75 Å². The van der Waals surface area contributed by atoms with E-state index in [4.69, 9.17) is 4.74 Å². The zero-order chi connectivity index (χ0) is 14.7. The summed E-state index contributed by atoms with van der Waals surface area (Å²) in [6.07, 6.45) is 1.60. The molecule has 0 fully saturated rings. The van der Waals surface area contributed by atoms with Gasteiger partial charge in [0.15, 0.2) is 0 Å². The second-order valence-electron chi connectivity index (χ2n) is 4.65. The minimum atomic E-state index is -3.52. The van der Waals surface area contributed by atoms with E-state index in [1.54, 1.807) is 24.3 Å². The van der Waals surface area contributed by atoms with Crippen LogP contribution in [0.2, 0.25) is 0 Å². The van der Waals surface area contributed by atoms with Gasteiger partial charge >= 0.3 is 0 Å². The number of fused-ring (bicyclic) bond motifs is 1. The molecule has 0 atom stereocenters. The van der Waals surface area contributed by atoms with E-state index < -0.39 is 10.0 Å². The predicted octanol–water partition coefficient (Wildman–Crippen LogP) is 2.89. The van der Waals surface area contributed by atoms with Crippen LogP contribution in [0.15, 0.2) is 60.0 Å². The number of ether oxygens (including phenoxy) is 1. The fraction of sp³-hybridized carbons (Fsp3) is 0.125. The molecule has 2 aromatic rings. The Morgan fingerprint density at radius 2 is 1.71 bits per heavy atom. The van der Waals surface area contributed by atoms with Gasteiger partial charge in [-0.3, -0.25) is 4.31 Å². The average Bonchev–Trinajstić information content (AvgIpc) is 2.53. The van der Waals surface area contributed by atoms with E-state index in [1.807, 2.05) is 36.4 Å². The van der Waals surface area contributed by atoms with Gasteiger partial charge in [-0.1, -0.05) is 42.5 Å². The van der Waals surface area contributed by atoms with Crippen LogP contribution in [-0.2, 0) is 10.0 Å². The molecule has 0 bridgehead atoms. The molecule has 108 valence electrons. The molecule has 0 amide bonds. The van der Waals surface area contributed by atoms with Crippen molar-refractivity contribution < 1.29 is 13.2 Å². The Kier molecular flexibility index (Phi) is 3.66. The first kappa shape index (κ1) is 13.7. The fourth-order valence-corrected chi connectivity index (χ4v) is 3.44. The quantitative estimate of drug-likeness (QED) is 0.875. The highest BCUT2D eigenvalue weighted by molar-refractivity contribution is 7.95. The summed E-state index contributed by atoms with van der Waals surface area (Å²) in [5.41, 5.74) is 1.43. The maximum absolute atomic E-state index is 12.5. The minimum Gasteiger partial charge on any atom is -0.489 e. The first-order valence-corrected chi connectivity index (χ1v) is 8.15. The Morgan fingerprint density at radius 3 is 2.52 bits per heavy atom. The zero-order valence-corrected chi connectivity index (χ0v) is 12.2. The van der Waals surface area contributed by atoms with Gasteiger partial charge in [-0.15, -0.1) is 0 Å². The first-order valence-electron chi connectivity index (χ1n) is 6.64. The number of sulfonamides is 1. The second-order valence-corrected chi connectivity index (χ2v) is 6.39. The van der Waals surface area contributed by atoms with Gasteiger partial charge in [-0.2, -0.15) is 0 Å². The molecule has 0 N–H and O–H groups in total. The molecule has 4 nitrogen and oxygen atoms in total. The third kappa shape index (κ3) is 2.92. The largest absolute Gasteiger partial charge is 0.489 e. The lowest BCUT2D eigenvalue weighted by molar-refractivity contribution is 0.316. The lowest BCUT2D eigenvalue weighted by Crippen LogP contribution is -2.36. The lowest BCUT2D eigenvalue weighted by atomic mass is 10.2. The molecule has 0 unspecified atom stereocenters. The second kappa shape index (κ2) is 5.61. The van der Waals surface area contributed by atoms with Crippen LogP contribution in [0.4, 0.5) is 5.69 Å². The molecule has 1 aliphatic rings. The van der Waals surface area contributed by atoms with E-state index >= 15 is 0 Å². The van der Waals surface area contributed by atoms with E-state index in [1.165, 1.54) is 9.71 Å². The van der Waals surface area contributed by atoms with Crippen molar-refractivity contribution in [2.24, 2.45) is 0 Å². The average molecular weight is 301 g/mol. The van der Waals surface area contributed by atoms with Crippen molar-refractivity contribution >= 4 is 21.8 Å². The van der Waals surface area contributed by atoms with Crippen molar-refractivity contribution in [2.45, 2.75) is 0 Å². The number of para-hydroxylation sites is 2. The number of hydrogen-bond donors (Lipinski definition) is 0.